The van der Waals surface area contributed by atoms with Gasteiger partial charge in [0.15, 0.2) is 0 Å². The third-order valence-electron chi connectivity index (χ3n) is 4.28. The van der Waals surface area contributed by atoms with Gasteiger partial charge < -0.3 is 18.9 Å². The molecule has 28 heavy (non-hydrogen) atoms. The third kappa shape index (κ3) is 6.07. The second kappa shape index (κ2) is 10.4. The van der Waals surface area contributed by atoms with Crippen LogP contribution < -0.4 is 9.47 Å². The number of hydrogen-bond acceptors (Lipinski definition) is 8. The van der Waals surface area contributed by atoms with Crippen LogP contribution in [0.1, 0.15) is 45.1 Å². The summed E-state index contributed by atoms with van der Waals surface area (Å²) < 4.78 is 19.7. The van der Waals surface area contributed by atoms with Crippen molar-refractivity contribution < 1.29 is 38.1 Å². The molecule has 8 heteroatoms. The fourth-order valence-electron chi connectivity index (χ4n) is 2.98. The molecule has 1 aromatic carbocycles. The van der Waals surface area contributed by atoms with Crippen molar-refractivity contribution in [3.63, 3.8) is 0 Å². The number of rotatable bonds is 8. The summed E-state index contributed by atoms with van der Waals surface area (Å²) in [6.07, 6.45) is 0.345. The van der Waals surface area contributed by atoms with Gasteiger partial charge in [-0.25, -0.2) is 9.59 Å². The Labute approximate surface area is 163 Å². The highest BCUT2D eigenvalue weighted by Gasteiger charge is 2.30. The van der Waals surface area contributed by atoms with Gasteiger partial charge in [-0.3, -0.25) is 9.59 Å². The molecule has 0 amide bonds. The maximum Gasteiger partial charge on any atom is 0.513 e. The molecule has 0 saturated heterocycles. The number of aryl methyl sites for hydroxylation is 1. The third-order valence-corrected chi connectivity index (χ3v) is 4.28. The van der Waals surface area contributed by atoms with E-state index in [1.165, 1.54) is 18.2 Å². The molecule has 1 fully saturated rings. The van der Waals surface area contributed by atoms with Crippen LogP contribution in [0.2, 0.25) is 0 Å². The van der Waals surface area contributed by atoms with Gasteiger partial charge >= 0.3 is 12.3 Å². The molecular formula is C20H24O8. The SMILES string of the molecule is CCOC(=O)Oc1ccc(OC(=O)OCC)c(CCC(=O)C2CCCC2=O)c1. The van der Waals surface area contributed by atoms with Gasteiger partial charge in [0.1, 0.15) is 23.1 Å². The lowest BCUT2D eigenvalue weighted by molar-refractivity contribution is -0.130. The zero-order valence-electron chi connectivity index (χ0n) is 16.0. The summed E-state index contributed by atoms with van der Waals surface area (Å²) in [5.41, 5.74) is 0.480. The molecule has 1 aliphatic rings. The topological polar surface area (TPSA) is 105 Å². The Kier molecular flexibility index (Phi) is 7.98. The predicted octanol–water partition coefficient (Wildman–Crippen LogP) is 3.63. The van der Waals surface area contributed by atoms with E-state index in [-0.39, 0.29) is 49.1 Å². The number of hydrogen-bond donors (Lipinski definition) is 0. The normalized spacial score (nSPS) is 15.8. The molecule has 1 unspecified atom stereocenters. The van der Waals surface area contributed by atoms with E-state index in [1.807, 2.05) is 0 Å². The monoisotopic (exact) mass is 392 g/mol. The Morgan fingerprint density at radius 3 is 2.32 bits per heavy atom. The van der Waals surface area contributed by atoms with Crippen LogP contribution in [0.15, 0.2) is 18.2 Å². The van der Waals surface area contributed by atoms with E-state index >= 15 is 0 Å². The second-order valence-electron chi connectivity index (χ2n) is 6.22. The summed E-state index contributed by atoms with van der Waals surface area (Å²) in [5, 5.41) is 0. The highest BCUT2D eigenvalue weighted by Crippen LogP contribution is 2.28. The van der Waals surface area contributed by atoms with Crippen molar-refractivity contribution in [3.05, 3.63) is 23.8 Å². The average molecular weight is 392 g/mol. The van der Waals surface area contributed by atoms with Gasteiger partial charge in [0.2, 0.25) is 0 Å². The Balaban J connectivity index is 2.13. The van der Waals surface area contributed by atoms with Crippen molar-refractivity contribution in [1.29, 1.82) is 0 Å². The lowest BCUT2D eigenvalue weighted by Crippen LogP contribution is -2.19. The van der Waals surface area contributed by atoms with Gasteiger partial charge in [0.05, 0.1) is 19.1 Å². The molecule has 2 rings (SSSR count). The number of Topliss-reactive ketones (excluding diaryl/α,β-unsaturated/α-hetero) is 2. The van der Waals surface area contributed by atoms with Crippen molar-refractivity contribution >= 4 is 23.9 Å². The smallest absolute Gasteiger partial charge is 0.434 e. The first-order valence-electron chi connectivity index (χ1n) is 9.32. The summed E-state index contributed by atoms with van der Waals surface area (Å²) in [4.78, 5) is 47.3. The lowest BCUT2D eigenvalue weighted by atomic mass is 9.96. The second-order valence-corrected chi connectivity index (χ2v) is 6.22. The van der Waals surface area contributed by atoms with E-state index in [4.69, 9.17) is 18.9 Å². The number of ether oxygens (including phenoxy) is 4. The zero-order valence-corrected chi connectivity index (χ0v) is 16.0. The van der Waals surface area contributed by atoms with Gasteiger partial charge in [0.25, 0.3) is 0 Å². The molecule has 152 valence electrons. The average Bonchev–Trinajstić information content (AvgIpc) is 3.08. The maximum atomic E-state index is 12.4. The van der Waals surface area contributed by atoms with E-state index in [0.29, 0.717) is 18.4 Å². The van der Waals surface area contributed by atoms with E-state index in [9.17, 15) is 19.2 Å². The molecule has 8 nitrogen and oxygen atoms in total. The van der Waals surface area contributed by atoms with E-state index in [2.05, 4.69) is 0 Å². The van der Waals surface area contributed by atoms with Crippen molar-refractivity contribution in [3.8, 4) is 11.5 Å². The largest absolute Gasteiger partial charge is 0.513 e. The number of ketones is 2. The van der Waals surface area contributed by atoms with Gasteiger partial charge in [-0.05, 0) is 56.9 Å². The first-order chi connectivity index (χ1) is 13.4. The Morgan fingerprint density at radius 2 is 1.71 bits per heavy atom. The van der Waals surface area contributed by atoms with Crippen molar-refractivity contribution in [2.75, 3.05) is 13.2 Å². The molecule has 1 atom stereocenters. The molecule has 0 heterocycles. The van der Waals surface area contributed by atoms with Gasteiger partial charge in [-0.2, -0.15) is 0 Å². The minimum atomic E-state index is -0.875. The fourth-order valence-corrected chi connectivity index (χ4v) is 2.98. The highest BCUT2D eigenvalue weighted by atomic mass is 16.7. The van der Waals surface area contributed by atoms with E-state index in [1.54, 1.807) is 13.8 Å². The van der Waals surface area contributed by atoms with Crippen molar-refractivity contribution in [1.82, 2.24) is 0 Å². The summed E-state index contributed by atoms with van der Waals surface area (Å²) in [6, 6.07) is 4.39. The Bertz CT molecular complexity index is 740. The zero-order chi connectivity index (χ0) is 20.5. The Morgan fingerprint density at radius 1 is 1.04 bits per heavy atom. The van der Waals surface area contributed by atoms with Crippen molar-refractivity contribution in [2.45, 2.75) is 46.0 Å². The molecule has 1 aromatic rings. The number of carbonyl (C=O) groups is 4. The molecule has 0 spiro atoms. The van der Waals surface area contributed by atoms with E-state index in [0.717, 1.165) is 6.42 Å². The molecule has 0 bridgehead atoms. The predicted molar refractivity (Wildman–Crippen MR) is 97.4 cm³/mol. The molecule has 0 aromatic heterocycles. The van der Waals surface area contributed by atoms with Crippen LogP contribution in [0.3, 0.4) is 0 Å². The van der Waals surface area contributed by atoms with Crippen LogP contribution in [0.5, 0.6) is 11.5 Å². The first-order valence-corrected chi connectivity index (χ1v) is 9.32. The molecule has 1 saturated carbocycles. The molecule has 0 aliphatic heterocycles. The fraction of sp³-hybridized carbons (Fsp3) is 0.500. The van der Waals surface area contributed by atoms with Crippen LogP contribution >= 0.6 is 0 Å². The number of benzene rings is 1. The van der Waals surface area contributed by atoms with Crippen LogP contribution in [-0.4, -0.2) is 37.1 Å². The number of carbonyl (C=O) groups excluding carboxylic acids is 4. The van der Waals surface area contributed by atoms with Crippen LogP contribution in [0.4, 0.5) is 9.59 Å². The highest BCUT2D eigenvalue weighted by molar-refractivity contribution is 6.03. The minimum absolute atomic E-state index is 0.0209. The maximum absolute atomic E-state index is 12.4. The quantitative estimate of drug-likeness (QED) is 0.375. The van der Waals surface area contributed by atoms with Crippen LogP contribution in [-0.2, 0) is 25.5 Å². The lowest BCUT2D eigenvalue weighted by Gasteiger charge is -2.13. The summed E-state index contributed by atoms with van der Waals surface area (Å²) in [5.74, 6) is -0.323. The molecule has 1 aliphatic carbocycles. The van der Waals surface area contributed by atoms with Gasteiger partial charge in [-0.15, -0.1) is 0 Å². The van der Waals surface area contributed by atoms with Crippen LogP contribution in [0, 0.1) is 5.92 Å². The summed E-state index contributed by atoms with van der Waals surface area (Å²) in [6.45, 7) is 3.62. The molecular weight excluding hydrogens is 368 g/mol. The summed E-state index contributed by atoms with van der Waals surface area (Å²) in [7, 11) is 0. The van der Waals surface area contributed by atoms with E-state index < -0.39 is 18.2 Å². The standard InChI is InChI=1S/C20H24O8/c1-3-25-19(23)27-14-9-11-18(28-20(24)26-4-2)13(12-14)8-10-17(22)15-6-5-7-16(15)21/h9,11-12,15H,3-8,10H2,1-2H3. The summed E-state index contributed by atoms with van der Waals surface area (Å²) >= 11 is 0. The Hall–Kier alpha value is -2.90. The molecule has 0 radical (unpaired) electrons. The minimum Gasteiger partial charge on any atom is -0.434 e. The van der Waals surface area contributed by atoms with Gasteiger partial charge in [0, 0.05) is 12.8 Å². The van der Waals surface area contributed by atoms with Gasteiger partial charge in [-0.1, -0.05) is 0 Å². The van der Waals surface area contributed by atoms with Crippen molar-refractivity contribution in [2.24, 2.45) is 5.92 Å². The first kappa shape index (κ1) is 21.4. The van der Waals surface area contributed by atoms with Crippen LogP contribution in [0.25, 0.3) is 0 Å². The molecule has 0 N–H and O–H groups in total.